The molecule has 0 aromatic rings. The molecule has 0 aromatic heterocycles. The maximum Gasteiger partial charge on any atom is 0.305 e. The number of aliphatic hydroxyl groups excluding tert-OH is 1. The maximum atomic E-state index is 11.0. The largest absolute Gasteiger partial charge is 0.466 e. The number of hydrogen-bond donors (Lipinski definition) is 1. The highest BCUT2D eigenvalue weighted by Crippen LogP contribution is 2.23. The Bertz CT molecular complexity index is 206. The number of ether oxygens (including phenoxy) is 1. The van der Waals surface area contributed by atoms with Gasteiger partial charge < -0.3 is 14.4 Å². The minimum Gasteiger partial charge on any atom is -0.466 e. The molecule has 2 atom stereocenters. The Kier molecular flexibility index (Phi) is 8.73. The first kappa shape index (κ1) is 14.7. The molecule has 0 heterocycles. The summed E-state index contributed by atoms with van der Waals surface area (Å²) < 4.78 is 15.8. The first-order valence-electron chi connectivity index (χ1n) is 5.38. The van der Waals surface area contributed by atoms with Gasteiger partial charge in [0.2, 0.25) is 0 Å². The van der Waals surface area contributed by atoms with Crippen LogP contribution in [0.5, 0.6) is 0 Å². The topological polar surface area (TPSA) is 63.6 Å². The summed E-state index contributed by atoms with van der Waals surface area (Å²) in [5.41, 5.74) is 0. The third kappa shape index (κ3) is 8.64. The van der Waals surface area contributed by atoms with Crippen molar-refractivity contribution >= 4 is 13.8 Å². The summed E-state index contributed by atoms with van der Waals surface area (Å²) in [7, 11) is -1.78. The normalized spacial score (nSPS) is 14.6. The number of carbonyl (C=O) groups is 1. The zero-order valence-corrected chi connectivity index (χ0v) is 10.5. The van der Waals surface area contributed by atoms with E-state index in [1.807, 2.05) is 6.92 Å². The van der Waals surface area contributed by atoms with Crippen molar-refractivity contribution in [1.82, 2.24) is 0 Å². The van der Waals surface area contributed by atoms with E-state index in [1.54, 1.807) is 6.92 Å². The van der Waals surface area contributed by atoms with Crippen LogP contribution in [0.15, 0.2) is 0 Å². The van der Waals surface area contributed by atoms with Gasteiger partial charge in [0.05, 0.1) is 13.0 Å². The van der Waals surface area contributed by atoms with Crippen LogP contribution in [-0.4, -0.2) is 30.2 Å². The van der Waals surface area contributed by atoms with Crippen molar-refractivity contribution in [3.63, 3.8) is 0 Å². The zero-order valence-electron chi connectivity index (χ0n) is 9.49. The summed E-state index contributed by atoms with van der Waals surface area (Å²) in [6.07, 6.45) is 2.37. The van der Waals surface area contributed by atoms with Crippen molar-refractivity contribution < 1.29 is 19.2 Å². The van der Waals surface area contributed by atoms with E-state index in [0.717, 1.165) is 12.8 Å². The minimum absolute atomic E-state index is 0.167. The van der Waals surface area contributed by atoms with E-state index in [2.05, 4.69) is 0 Å². The molecule has 15 heavy (non-hydrogen) atoms. The van der Waals surface area contributed by atoms with Gasteiger partial charge in [-0.1, -0.05) is 6.92 Å². The molecule has 0 radical (unpaired) electrons. The lowest BCUT2D eigenvalue weighted by Crippen LogP contribution is -2.07. The average molecular weight is 236 g/mol. The molecular weight excluding hydrogens is 215 g/mol. The van der Waals surface area contributed by atoms with E-state index in [4.69, 9.17) is 9.84 Å². The Morgan fingerprint density at radius 1 is 1.47 bits per heavy atom. The Morgan fingerprint density at radius 3 is 2.67 bits per heavy atom. The van der Waals surface area contributed by atoms with Crippen molar-refractivity contribution in [2.75, 3.05) is 19.1 Å². The molecular formula is C10H21O4P. The molecule has 0 aliphatic carbocycles. The highest BCUT2D eigenvalue weighted by molar-refractivity contribution is 7.44. The first-order chi connectivity index (χ1) is 7.10. The van der Waals surface area contributed by atoms with Crippen LogP contribution in [0, 0.1) is 5.92 Å². The predicted octanol–water partition coefficient (Wildman–Crippen LogP) is 1.87. The van der Waals surface area contributed by atoms with Gasteiger partial charge in [-0.15, -0.1) is 0 Å². The van der Waals surface area contributed by atoms with Crippen LogP contribution in [-0.2, 0) is 14.1 Å². The standard InChI is InChI=1S/C10H21O4P/c1-3-14-10(12)5-4-9(2)6-7-15(13)8-11/h9,11,15H,3-8H2,1-2H3. The molecule has 0 rings (SSSR count). The highest BCUT2D eigenvalue weighted by atomic mass is 31.1. The quantitative estimate of drug-likeness (QED) is 0.516. The summed E-state index contributed by atoms with van der Waals surface area (Å²) >= 11 is 0. The molecule has 0 amide bonds. The number of aliphatic hydroxyl groups is 1. The molecule has 0 aliphatic rings. The molecule has 0 saturated carbocycles. The molecule has 90 valence electrons. The van der Waals surface area contributed by atoms with Gasteiger partial charge in [0.25, 0.3) is 0 Å². The second-order valence-electron chi connectivity index (χ2n) is 3.68. The molecule has 0 aliphatic heterocycles. The van der Waals surface area contributed by atoms with E-state index < -0.39 is 7.80 Å². The van der Waals surface area contributed by atoms with Crippen LogP contribution in [0.1, 0.15) is 33.1 Å². The molecule has 0 spiro atoms. The molecule has 4 nitrogen and oxygen atoms in total. The first-order valence-corrected chi connectivity index (χ1v) is 7.20. The third-order valence-corrected chi connectivity index (χ3v) is 3.44. The van der Waals surface area contributed by atoms with Gasteiger partial charge >= 0.3 is 5.97 Å². The molecule has 0 fully saturated rings. The van der Waals surface area contributed by atoms with Gasteiger partial charge in [-0.05, 0) is 25.7 Å². The van der Waals surface area contributed by atoms with Crippen LogP contribution in [0.4, 0.5) is 0 Å². The Balaban J connectivity index is 3.52. The summed E-state index contributed by atoms with van der Waals surface area (Å²) in [4.78, 5) is 11.0. The lowest BCUT2D eigenvalue weighted by Gasteiger charge is -2.09. The average Bonchev–Trinajstić information content (AvgIpc) is 2.23. The third-order valence-electron chi connectivity index (χ3n) is 2.24. The van der Waals surface area contributed by atoms with Crippen molar-refractivity contribution in [3.05, 3.63) is 0 Å². The lowest BCUT2D eigenvalue weighted by atomic mass is 10.0. The second-order valence-corrected chi connectivity index (χ2v) is 5.58. The lowest BCUT2D eigenvalue weighted by molar-refractivity contribution is -0.143. The van der Waals surface area contributed by atoms with Crippen LogP contribution in [0.3, 0.4) is 0 Å². The summed E-state index contributed by atoms with van der Waals surface area (Å²) in [6.45, 7) is 4.23. The van der Waals surface area contributed by atoms with E-state index in [-0.39, 0.29) is 12.3 Å². The molecule has 0 aromatic carbocycles. The summed E-state index contributed by atoms with van der Waals surface area (Å²) in [6, 6.07) is 0. The number of carbonyl (C=O) groups excluding carboxylic acids is 1. The number of rotatable bonds is 8. The maximum absolute atomic E-state index is 11.0. The van der Waals surface area contributed by atoms with Crippen LogP contribution in [0.2, 0.25) is 0 Å². The van der Waals surface area contributed by atoms with Gasteiger partial charge in [0.1, 0.15) is 7.80 Å². The Labute approximate surface area is 91.8 Å². The van der Waals surface area contributed by atoms with E-state index in [1.165, 1.54) is 0 Å². The highest BCUT2D eigenvalue weighted by Gasteiger charge is 2.08. The minimum atomic E-state index is -1.78. The molecule has 5 heteroatoms. The zero-order chi connectivity index (χ0) is 11.7. The van der Waals surface area contributed by atoms with Crippen LogP contribution in [0.25, 0.3) is 0 Å². The van der Waals surface area contributed by atoms with Crippen molar-refractivity contribution in [2.45, 2.75) is 33.1 Å². The van der Waals surface area contributed by atoms with Crippen LogP contribution < -0.4 is 0 Å². The van der Waals surface area contributed by atoms with Crippen molar-refractivity contribution in [3.8, 4) is 0 Å². The van der Waals surface area contributed by atoms with Gasteiger partial charge in [0.15, 0.2) is 0 Å². The molecule has 2 unspecified atom stereocenters. The summed E-state index contributed by atoms with van der Waals surface area (Å²) in [5.74, 6) is 0.189. The smallest absolute Gasteiger partial charge is 0.305 e. The summed E-state index contributed by atoms with van der Waals surface area (Å²) in [5, 5.41) is 8.59. The van der Waals surface area contributed by atoms with Crippen molar-refractivity contribution in [1.29, 1.82) is 0 Å². The number of hydrogen-bond acceptors (Lipinski definition) is 4. The molecule has 0 saturated heterocycles. The molecule has 0 bridgehead atoms. The predicted molar refractivity (Wildman–Crippen MR) is 60.6 cm³/mol. The van der Waals surface area contributed by atoms with E-state index >= 15 is 0 Å². The fraction of sp³-hybridized carbons (Fsp3) is 0.900. The van der Waals surface area contributed by atoms with E-state index in [9.17, 15) is 9.36 Å². The Morgan fingerprint density at radius 2 is 2.13 bits per heavy atom. The monoisotopic (exact) mass is 236 g/mol. The van der Waals surface area contributed by atoms with Gasteiger partial charge in [-0.2, -0.15) is 0 Å². The van der Waals surface area contributed by atoms with E-state index in [0.29, 0.717) is 25.1 Å². The van der Waals surface area contributed by atoms with Crippen LogP contribution >= 0.6 is 7.80 Å². The van der Waals surface area contributed by atoms with Gasteiger partial charge in [-0.3, -0.25) is 4.79 Å². The SMILES string of the molecule is CCOC(=O)CCC(C)CC[PH](=O)CO. The van der Waals surface area contributed by atoms with Crippen molar-refractivity contribution in [2.24, 2.45) is 5.92 Å². The second kappa shape index (κ2) is 8.93. The Hall–Kier alpha value is -0.340. The molecule has 1 N–H and O–H groups in total. The fourth-order valence-corrected chi connectivity index (χ4v) is 2.20. The fourth-order valence-electron chi connectivity index (χ4n) is 1.23. The number of esters is 1. The van der Waals surface area contributed by atoms with Gasteiger partial charge in [0, 0.05) is 12.6 Å². The van der Waals surface area contributed by atoms with Gasteiger partial charge in [-0.25, -0.2) is 0 Å².